The van der Waals surface area contributed by atoms with Gasteiger partial charge in [0, 0.05) is 6.54 Å². The van der Waals surface area contributed by atoms with Crippen LogP contribution >= 0.6 is 0 Å². The number of nitrogens with zero attached hydrogens (tertiary/aromatic N) is 1. The molecule has 3 rings (SSSR count). The minimum absolute atomic E-state index is 0.00115. The first-order valence-corrected chi connectivity index (χ1v) is 11.8. The lowest BCUT2D eigenvalue weighted by Gasteiger charge is -2.39. The van der Waals surface area contributed by atoms with Crippen molar-refractivity contribution in [1.29, 1.82) is 0 Å². The first-order valence-electron chi connectivity index (χ1n) is 10.1. The first-order chi connectivity index (χ1) is 13.5. The lowest BCUT2D eigenvalue weighted by molar-refractivity contribution is -0.141. The van der Waals surface area contributed by atoms with Crippen molar-refractivity contribution in [1.82, 2.24) is 4.90 Å². The third-order valence-corrected chi connectivity index (χ3v) is 7.36. The molecule has 1 aliphatic heterocycles. The van der Waals surface area contributed by atoms with Gasteiger partial charge in [0.2, 0.25) is 5.91 Å². The SMILES string of the molecule is Cc1ccc(CCCCCCN2C(=O)CC2S(=O)(=O)Cc2ccccc2)cc1. The summed E-state index contributed by atoms with van der Waals surface area (Å²) < 4.78 is 25.3. The zero-order valence-corrected chi connectivity index (χ0v) is 17.3. The zero-order valence-electron chi connectivity index (χ0n) is 16.5. The van der Waals surface area contributed by atoms with Gasteiger partial charge in [-0.3, -0.25) is 4.79 Å². The molecule has 0 spiro atoms. The van der Waals surface area contributed by atoms with Crippen molar-refractivity contribution in [3.63, 3.8) is 0 Å². The van der Waals surface area contributed by atoms with Gasteiger partial charge in [0.15, 0.2) is 9.84 Å². The van der Waals surface area contributed by atoms with Gasteiger partial charge in [0.25, 0.3) is 0 Å². The Balaban J connectivity index is 1.39. The van der Waals surface area contributed by atoms with Crippen molar-refractivity contribution in [2.24, 2.45) is 0 Å². The van der Waals surface area contributed by atoms with E-state index >= 15 is 0 Å². The number of hydrogen-bond donors (Lipinski definition) is 0. The summed E-state index contributed by atoms with van der Waals surface area (Å²) >= 11 is 0. The Morgan fingerprint density at radius 3 is 2.25 bits per heavy atom. The van der Waals surface area contributed by atoms with Gasteiger partial charge in [0.1, 0.15) is 5.37 Å². The number of aryl methyl sites for hydroxylation is 2. The molecule has 0 aromatic heterocycles. The topological polar surface area (TPSA) is 54.5 Å². The fourth-order valence-electron chi connectivity index (χ4n) is 3.64. The summed E-state index contributed by atoms with van der Waals surface area (Å²) in [6, 6.07) is 17.8. The van der Waals surface area contributed by atoms with Crippen LogP contribution in [0.25, 0.3) is 0 Å². The van der Waals surface area contributed by atoms with Crippen molar-refractivity contribution in [3.05, 3.63) is 71.3 Å². The van der Waals surface area contributed by atoms with Gasteiger partial charge in [-0.2, -0.15) is 0 Å². The van der Waals surface area contributed by atoms with E-state index in [0.29, 0.717) is 6.54 Å². The quantitative estimate of drug-likeness (QED) is 0.443. The second kappa shape index (κ2) is 9.37. The van der Waals surface area contributed by atoms with Gasteiger partial charge in [-0.25, -0.2) is 8.42 Å². The third-order valence-electron chi connectivity index (χ3n) is 5.38. The fraction of sp³-hybridized carbons (Fsp3) is 0.435. The van der Waals surface area contributed by atoms with Crippen molar-refractivity contribution in [2.75, 3.05) is 6.54 Å². The molecule has 0 N–H and O–H groups in total. The lowest BCUT2D eigenvalue weighted by Crippen LogP contribution is -2.56. The van der Waals surface area contributed by atoms with E-state index in [1.165, 1.54) is 11.1 Å². The summed E-state index contributed by atoms with van der Waals surface area (Å²) in [5.41, 5.74) is 3.41. The number of hydrogen-bond acceptors (Lipinski definition) is 3. The van der Waals surface area contributed by atoms with Crippen LogP contribution in [0.4, 0.5) is 0 Å². The highest BCUT2D eigenvalue weighted by atomic mass is 32.2. The predicted octanol–water partition coefficient (Wildman–Crippen LogP) is 4.27. The molecule has 2 aromatic carbocycles. The van der Waals surface area contributed by atoms with Crippen LogP contribution in [-0.2, 0) is 26.8 Å². The van der Waals surface area contributed by atoms with Gasteiger partial charge in [0.05, 0.1) is 12.2 Å². The van der Waals surface area contributed by atoms with E-state index in [0.717, 1.165) is 37.7 Å². The Morgan fingerprint density at radius 1 is 0.893 bits per heavy atom. The molecule has 1 unspecified atom stereocenters. The average Bonchev–Trinajstić information content (AvgIpc) is 2.67. The highest BCUT2D eigenvalue weighted by molar-refractivity contribution is 7.91. The summed E-state index contributed by atoms with van der Waals surface area (Å²) in [6.07, 6.45) is 5.28. The van der Waals surface area contributed by atoms with E-state index in [4.69, 9.17) is 0 Å². The van der Waals surface area contributed by atoms with Crippen LogP contribution in [0.2, 0.25) is 0 Å². The summed E-state index contributed by atoms with van der Waals surface area (Å²) in [4.78, 5) is 13.5. The Hall–Kier alpha value is -2.14. The smallest absolute Gasteiger partial charge is 0.226 e. The van der Waals surface area contributed by atoms with Crippen LogP contribution in [-0.4, -0.2) is 31.1 Å². The summed E-state index contributed by atoms with van der Waals surface area (Å²) in [7, 11) is -3.34. The molecule has 150 valence electrons. The number of β-lactam (4-membered cyclic amide) rings is 1. The number of rotatable bonds is 10. The molecule has 1 aliphatic rings. The van der Waals surface area contributed by atoms with Crippen LogP contribution in [0, 0.1) is 6.92 Å². The Labute approximate surface area is 168 Å². The van der Waals surface area contributed by atoms with E-state index in [9.17, 15) is 13.2 Å². The standard InChI is InChI=1S/C23H29NO3S/c1-19-12-14-20(15-13-19)9-5-2-3-8-16-24-22(25)17-23(24)28(26,27)18-21-10-6-4-7-11-21/h4,6-7,10-15,23H,2-3,5,8-9,16-18H2,1H3. The Bertz CT molecular complexity index is 876. The van der Waals surface area contributed by atoms with E-state index in [1.807, 2.05) is 30.3 Å². The molecule has 4 nitrogen and oxygen atoms in total. The van der Waals surface area contributed by atoms with E-state index < -0.39 is 15.2 Å². The molecule has 0 saturated carbocycles. The number of carbonyl (C=O) groups excluding carboxylic acids is 1. The van der Waals surface area contributed by atoms with Crippen molar-refractivity contribution < 1.29 is 13.2 Å². The number of sulfone groups is 1. The van der Waals surface area contributed by atoms with E-state index in [-0.39, 0.29) is 18.1 Å². The molecule has 0 aliphatic carbocycles. The van der Waals surface area contributed by atoms with E-state index in [1.54, 1.807) is 4.90 Å². The van der Waals surface area contributed by atoms with Gasteiger partial charge in [-0.05, 0) is 37.3 Å². The normalized spacial score (nSPS) is 16.8. The molecule has 1 saturated heterocycles. The molecular formula is C23H29NO3S. The molecule has 0 radical (unpaired) electrons. The monoisotopic (exact) mass is 399 g/mol. The van der Waals surface area contributed by atoms with Gasteiger partial charge >= 0.3 is 0 Å². The molecule has 28 heavy (non-hydrogen) atoms. The molecule has 0 bridgehead atoms. The Kier molecular flexibility index (Phi) is 6.89. The average molecular weight is 400 g/mol. The number of unbranched alkanes of at least 4 members (excludes halogenated alkanes) is 3. The van der Waals surface area contributed by atoms with Crippen LogP contribution < -0.4 is 0 Å². The zero-order chi connectivity index (χ0) is 20.0. The number of carbonyl (C=O) groups is 1. The first kappa shape index (κ1) is 20.6. The second-order valence-electron chi connectivity index (χ2n) is 7.69. The van der Waals surface area contributed by atoms with Crippen LogP contribution in [0.15, 0.2) is 54.6 Å². The maximum absolute atomic E-state index is 12.7. The van der Waals surface area contributed by atoms with Crippen LogP contribution in [0.1, 0.15) is 48.8 Å². The lowest BCUT2D eigenvalue weighted by atomic mass is 10.0. The van der Waals surface area contributed by atoms with Gasteiger partial charge < -0.3 is 4.90 Å². The molecule has 2 aromatic rings. The number of likely N-dealkylation sites (tertiary alicyclic amines) is 1. The Morgan fingerprint density at radius 2 is 1.57 bits per heavy atom. The van der Waals surface area contributed by atoms with Crippen molar-refractivity contribution >= 4 is 15.7 Å². The molecule has 1 heterocycles. The van der Waals surface area contributed by atoms with Crippen LogP contribution in [0.5, 0.6) is 0 Å². The summed E-state index contributed by atoms with van der Waals surface area (Å²) in [5, 5.41) is -0.646. The molecule has 1 amide bonds. The second-order valence-corrected chi connectivity index (χ2v) is 9.85. The highest BCUT2D eigenvalue weighted by Crippen LogP contribution is 2.27. The minimum Gasteiger partial charge on any atom is -0.325 e. The largest absolute Gasteiger partial charge is 0.325 e. The number of benzene rings is 2. The maximum Gasteiger partial charge on any atom is 0.226 e. The van der Waals surface area contributed by atoms with Crippen LogP contribution in [0.3, 0.4) is 0 Å². The molecule has 1 atom stereocenters. The molecular weight excluding hydrogens is 370 g/mol. The third kappa shape index (κ3) is 5.44. The highest BCUT2D eigenvalue weighted by Gasteiger charge is 2.44. The number of amides is 1. The van der Waals surface area contributed by atoms with Gasteiger partial charge in [-0.1, -0.05) is 73.0 Å². The fourth-order valence-corrected chi connectivity index (χ4v) is 5.49. The van der Waals surface area contributed by atoms with Gasteiger partial charge in [-0.15, -0.1) is 0 Å². The van der Waals surface area contributed by atoms with Crippen molar-refractivity contribution in [3.8, 4) is 0 Å². The predicted molar refractivity (Wildman–Crippen MR) is 113 cm³/mol. The van der Waals surface area contributed by atoms with Crippen molar-refractivity contribution in [2.45, 2.75) is 56.6 Å². The van der Waals surface area contributed by atoms with E-state index in [2.05, 4.69) is 31.2 Å². The molecule has 1 fully saturated rings. The molecule has 5 heteroatoms. The maximum atomic E-state index is 12.7. The minimum atomic E-state index is -3.34. The summed E-state index contributed by atoms with van der Waals surface area (Å²) in [6.45, 7) is 2.64. The summed E-state index contributed by atoms with van der Waals surface area (Å²) in [5.74, 6) is -0.0416.